The van der Waals surface area contributed by atoms with Gasteiger partial charge in [0.05, 0.1) is 0 Å². The Balaban J connectivity index is 4.54. The van der Waals surface area contributed by atoms with Gasteiger partial charge in [0, 0.05) is 19.3 Å². The Kier molecular flexibility index (Phi) is 60.9. The molecule has 0 aromatic heterocycles. The number of hydrogen-bond acceptors (Lipinski definition) is 6. The third-order valence-electron chi connectivity index (χ3n) is 13.1. The molecule has 0 aliphatic carbocycles. The van der Waals surface area contributed by atoms with Crippen LogP contribution in [0, 0.1) is 0 Å². The molecule has 0 aliphatic rings. The highest BCUT2D eigenvalue weighted by Crippen LogP contribution is 2.15. The number of allylic oxidation sites excluding steroid dienone is 24. The summed E-state index contributed by atoms with van der Waals surface area (Å²) in [6.45, 7) is 6.36. The van der Waals surface area contributed by atoms with Crippen LogP contribution in [-0.2, 0) is 28.6 Å². The monoisotopic (exact) mass is 1080 g/mol. The van der Waals surface area contributed by atoms with E-state index in [9.17, 15) is 14.4 Å². The molecule has 78 heavy (non-hydrogen) atoms. The van der Waals surface area contributed by atoms with Crippen molar-refractivity contribution in [3.63, 3.8) is 0 Å². The molecule has 440 valence electrons. The van der Waals surface area contributed by atoms with Crippen LogP contribution in [0.2, 0.25) is 0 Å². The maximum Gasteiger partial charge on any atom is 0.306 e. The minimum absolute atomic E-state index is 0.107. The van der Waals surface area contributed by atoms with Gasteiger partial charge in [0.15, 0.2) is 6.10 Å². The summed E-state index contributed by atoms with van der Waals surface area (Å²) in [5, 5.41) is 0. The molecule has 0 saturated heterocycles. The Hall–Kier alpha value is -4.71. The highest BCUT2D eigenvalue weighted by molar-refractivity contribution is 5.71. The van der Waals surface area contributed by atoms with Gasteiger partial charge in [-0.1, -0.05) is 282 Å². The Morgan fingerprint density at radius 3 is 0.833 bits per heavy atom. The van der Waals surface area contributed by atoms with Gasteiger partial charge in [0.25, 0.3) is 0 Å². The van der Waals surface area contributed by atoms with Crippen LogP contribution < -0.4 is 0 Å². The molecule has 0 radical (unpaired) electrons. The van der Waals surface area contributed by atoms with Crippen LogP contribution in [0.15, 0.2) is 146 Å². The fourth-order valence-electron chi connectivity index (χ4n) is 8.40. The van der Waals surface area contributed by atoms with Crippen LogP contribution >= 0.6 is 0 Å². The van der Waals surface area contributed by atoms with Crippen molar-refractivity contribution in [2.45, 2.75) is 277 Å². The van der Waals surface area contributed by atoms with E-state index >= 15 is 0 Å². The van der Waals surface area contributed by atoms with Gasteiger partial charge in [-0.2, -0.15) is 0 Å². The highest BCUT2D eigenvalue weighted by Gasteiger charge is 2.19. The van der Waals surface area contributed by atoms with Crippen LogP contribution in [0.5, 0.6) is 0 Å². The summed E-state index contributed by atoms with van der Waals surface area (Å²) in [6.07, 6.45) is 92.8. The fourth-order valence-corrected chi connectivity index (χ4v) is 8.40. The van der Waals surface area contributed by atoms with E-state index in [1.54, 1.807) is 0 Å². The molecule has 0 rings (SSSR count). The molecule has 0 saturated carbocycles. The van der Waals surface area contributed by atoms with Crippen molar-refractivity contribution in [2.75, 3.05) is 13.2 Å². The molecule has 0 N–H and O–H groups in total. The summed E-state index contributed by atoms with van der Waals surface area (Å²) in [4.78, 5) is 38.3. The quantitative estimate of drug-likeness (QED) is 0.0261. The molecule has 0 spiro atoms. The van der Waals surface area contributed by atoms with Crippen LogP contribution in [-0.4, -0.2) is 37.2 Å². The lowest BCUT2D eigenvalue weighted by Gasteiger charge is -2.18. The third kappa shape index (κ3) is 62.1. The topological polar surface area (TPSA) is 78.9 Å². The van der Waals surface area contributed by atoms with Gasteiger partial charge in [-0.25, -0.2) is 0 Å². The van der Waals surface area contributed by atoms with Crippen LogP contribution in [0.3, 0.4) is 0 Å². The standard InChI is InChI=1S/C72H116O6/c1-4-7-10-13-16-19-22-25-28-31-33-35-36-38-39-41-44-47-50-53-56-59-62-65-71(74)77-68-69(67-76-70(73)64-61-58-55-52-49-46-43-30-27-24-21-18-15-12-9-6-3)78-72(75)66-63-60-57-54-51-48-45-42-40-37-34-32-29-26-23-20-17-14-11-8-5-2/h7-8,10-11,16-17,19-20,25-26,28-29,33-35,37-39,42,44-45,47,53,56,69H,4-6,9,12-15,18,21-24,27,30-32,36,40-41,43,46,48-52,54-55,57-68H2,1-3H3/b10-7-,11-8-,19-16-,20-17-,28-25-,29-26-,35-33-,37-34-,39-38-,45-42-,47-44-,56-53-. The summed E-state index contributed by atoms with van der Waals surface area (Å²) in [6, 6.07) is 0. The summed E-state index contributed by atoms with van der Waals surface area (Å²) in [7, 11) is 0. The number of ether oxygens (including phenoxy) is 3. The van der Waals surface area contributed by atoms with Gasteiger partial charge in [-0.05, 0) is 116 Å². The molecule has 1 unspecified atom stereocenters. The Morgan fingerprint density at radius 1 is 0.269 bits per heavy atom. The van der Waals surface area contributed by atoms with Gasteiger partial charge in [0.2, 0.25) is 0 Å². The van der Waals surface area contributed by atoms with Crippen molar-refractivity contribution in [2.24, 2.45) is 0 Å². The average molecular weight is 1080 g/mol. The van der Waals surface area contributed by atoms with E-state index < -0.39 is 6.10 Å². The van der Waals surface area contributed by atoms with Gasteiger partial charge in [-0.15, -0.1) is 0 Å². The summed E-state index contributed by atoms with van der Waals surface area (Å²) in [5.41, 5.74) is 0. The zero-order chi connectivity index (χ0) is 56.4. The molecular formula is C72H116O6. The van der Waals surface area contributed by atoms with Crippen LogP contribution in [0.1, 0.15) is 271 Å². The molecular weight excluding hydrogens is 961 g/mol. The minimum Gasteiger partial charge on any atom is -0.462 e. The number of hydrogen-bond donors (Lipinski definition) is 0. The number of carbonyl (C=O) groups is 3. The van der Waals surface area contributed by atoms with E-state index in [2.05, 4.69) is 167 Å². The predicted molar refractivity (Wildman–Crippen MR) is 339 cm³/mol. The number of carbonyl (C=O) groups excluding carboxylic acids is 3. The Morgan fingerprint density at radius 2 is 0.513 bits per heavy atom. The normalized spacial score (nSPS) is 13.1. The third-order valence-corrected chi connectivity index (χ3v) is 13.1. The number of esters is 3. The minimum atomic E-state index is -0.819. The Bertz CT molecular complexity index is 1710. The van der Waals surface area contributed by atoms with E-state index in [0.29, 0.717) is 12.8 Å². The SMILES string of the molecule is CC/C=C\C/C=C\C/C=C\C/C=C\C/C=C\C/C=C\C/C=C\CCCC(=O)OCC(COC(=O)CCCCCCCCCCCCCCCCCC)OC(=O)CCCCCCC/C=C\C/C=C\C/C=C\C/C=C\C/C=C\CC. The molecule has 1 atom stereocenters. The molecule has 0 amide bonds. The largest absolute Gasteiger partial charge is 0.462 e. The van der Waals surface area contributed by atoms with E-state index in [-0.39, 0.29) is 44.0 Å². The second kappa shape index (κ2) is 64.8. The maximum atomic E-state index is 12.9. The zero-order valence-corrected chi connectivity index (χ0v) is 50.4. The van der Waals surface area contributed by atoms with Crippen molar-refractivity contribution in [3.8, 4) is 0 Å². The van der Waals surface area contributed by atoms with E-state index in [1.165, 1.54) is 83.5 Å². The smallest absolute Gasteiger partial charge is 0.306 e. The molecule has 0 aromatic carbocycles. The molecule has 0 aromatic rings. The lowest BCUT2D eigenvalue weighted by molar-refractivity contribution is -0.167. The van der Waals surface area contributed by atoms with Crippen LogP contribution in [0.4, 0.5) is 0 Å². The zero-order valence-electron chi connectivity index (χ0n) is 50.4. The lowest BCUT2D eigenvalue weighted by Crippen LogP contribution is -2.30. The number of rotatable bonds is 56. The maximum absolute atomic E-state index is 12.9. The summed E-state index contributed by atoms with van der Waals surface area (Å²) < 4.78 is 16.9. The van der Waals surface area contributed by atoms with Crippen molar-refractivity contribution in [3.05, 3.63) is 146 Å². The van der Waals surface area contributed by atoms with E-state index in [0.717, 1.165) is 141 Å². The first kappa shape index (κ1) is 73.3. The first-order valence-corrected chi connectivity index (χ1v) is 31.8. The molecule has 0 aliphatic heterocycles. The molecule has 6 heteroatoms. The van der Waals surface area contributed by atoms with Gasteiger partial charge in [0.1, 0.15) is 13.2 Å². The Labute approximate surface area is 480 Å². The molecule has 0 bridgehead atoms. The van der Waals surface area contributed by atoms with Gasteiger partial charge < -0.3 is 14.2 Å². The molecule has 0 heterocycles. The van der Waals surface area contributed by atoms with Gasteiger partial charge >= 0.3 is 17.9 Å². The lowest BCUT2D eigenvalue weighted by atomic mass is 10.0. The van der Waals surface area contributed by atoms with Crippen molar-refractivity contribution in [1.82, 2.24) is 0 Å². The van der Waals surface area contributed by atoms with Crippen molar-refractivity contribution in [1.29, 1.82) is 0 Å². The highest BCUT2D eigenvalue weighted by atomic mass is 16.6. The second-order valence-electron chi connectivity index (χ2n) is 20.6. The van der Waals surface area contributed by atoms with Crippen molar-refractivity contribution < 1.29 is 28.6 Å². The fraction of sp³-hybridized carbons (Fsp3) is 0.625. The predicted octanol–water partition coefficient (Wildman–Crippen LogP) is 21.9. The average Bonchev–Trinajstić information content (AvgIpc) is 3.44. The summed E-state index contributed by atoms with van der Waals surface area (Å²) in [5.74, 6) is -0.987. The number of unbranched alkanes of at least 4 members (excludes halogenated alkanes) is 21. The second-order valence-corrected chi connectivity index (χ2v) is 20.6. The molecule has 6 nitrogen and oxygen atoms in total. The van der Waals surface area contributed by atoms with Crippen molar-refractivity contribution >= 4 is 17.9 Å². The molecule has 0 fully saturated rings. The first-order valence-electron chi connectivity index (χ1n) is 31.8. The summed E-state index contributed by atoms with van der Waals surface area (Å²) >= 11 is 0. The van der Waals surface area contributed by atoms with Gasteiger partial charge in [-0.3, -0.25) is 14.4 Å². The first-order chi connectivity index (χ1) is 38.5. The van der Waals surface area contributed by atoms with E-state index in [1.807, 2.05) is 0 Å². The van der Waals surface area contributed by atoms with Crippen LogP contribution in [0.25, 0.3) is 0 Å². The van der Waals surface area contributed by atoms with E-state index in [4.69, 9.17) is 14.2 Å².